The smallest absolute Gasteiger partial charge is 0.149 e. The molecule has 3 aromatic rings. The maximum absolute atomic E-state index is 10.3. The van der Waals surface area contributed by atoms with Crippen molar-refractivity contribution in [2.75, 3.05) is 5.01 Å². The van der Waals surface area contributed by atoms with Crippen LogP contribution in [0, 0.1) is 0 Å². The minimum absolute atomic E-state index is 0.189. The highest BCUT2D eigenvalue weighted by molar-refractivity contribution is 6.05. The molecule has 5 heteroatoms. The highest BCUT2D eigenvalue weighted by Crippen LogP contribution is 2.39. The molecule has 2 aromatic carbocycles. The number of pyridine rings is 1. The van der Waals surface area contributed by atoms with Crippen LogP contribution < -0.4 is 5.01 Å². The first-order valence-electron chi connectivity index (χ1n) is 8.08. The molecule has 0 saturated carbocycles. The van der Waals surface area contributed by atoms with Gasteiger partial charge in [0.25, 0.3) is 0 Å². The molecule has 5 nitrogen and oxygen atoms in total. The summed E-state index contributed by atoms with van der Waals surface area (Å²) in [6, 6.07) is 19.8. The van der Waals surface area contributed by atoms with Gasteiger partial charge in [-0.15, -0.1) is 0 Å². The largest absolute Gasteiger partial charge is 0.508 e. The van der Waals surface area contributed by atoms with Crippen LogP contribution in [0.4, 0.5) is 5.82 Å². The standard InChI is InChI=1S/C20H17N3O2/c24-18-9-3-1-7-14(18)16-13-17(15-8-2-4-10-19(15)25)23(22-16)20-11-5-6-12-21-20/h1-12,17,24-25H,13H2. The van der Waals surface area contributed by atoms with Gasteiger partial charge in [-0.1, -0.05) is 36.4 Å². The third-order valence-corrected chi connectivity index (χ3v) is 4.31. The Bertz CT molecular complexity index is 925. The zero-order chi connectivity index (χ0) is 17.2. The number of para-hydroxylation sites is 2. The van der Waals surface area contributed by atoms with Gasteiger partial charge in [-0.05, 0) is 30.3 Å². The lowest BCUT2D eigenvalue weighted by Crippen LogP contribution is -2.19. The molecule has 0 aliphatic carbocycles. The van der Waals surface area contributed by atoms with Crippen LogP contribution in [-0.4, -0.2) is 20.9 Å². The Morgan fingerprint density at radius 1 is 0.840 bits per heavy atom. The fourth-order valence-electron chi connectivity index (χ4n) is 3.10. The number of aromatic nitrogens is 1. The summed E-state index contributed by atoms with van der Waals surface area (Å²) in [6.07, 6.45) is 2.27. The molecule has 1 aliphatic heterocycles. The van der Waals surface area contributed by atoms with Gasteiger partial charge in [-0.25, -0.2) is 9.99 Å². The molecule has 1 atom stereocenters. The summed E-state index contributed by atoms with van der Waals surface area (Å²) in [4.78, 5) is 4.39. The molecule has 0 amide bonds. The number of phenols is 2. The Balaban J connectivity index is 1.80. The average Bonchev–Trinajstić information content (AvgIpc) is 3.08. The van der Waals surface area contributed by atoms with E-state index in [-0.39, 0.29) is 17.5 Å². The summed E-state index contributed by atoms with van der Waals surface area (Å²) in [5.41, 5.74) is 2.24. The molecule has 1 aromatic heterocycles. The highest BCUT2D eigenvalue weighted by atomic mass is 16.3. The quantitative estimate of drug-likeness (QED) is 0.765. The summed E-state index contributed by atoms with van der Waals surface area (Å²) in [7, 11) is 0. The van der Waals surface area contributed by atoms with Gasteiger partial charge in [0, 0.05) is 23.7 Å². The Morgan fingerprint density at radius 3 is 2.28 bits per heavy atom. The number of aromatic hydroxyl groups is 2. The van der Waals surface area contributed by atoms with Crippen molar-refractivity contribution in [3.63, 3.8) is 0 Å². The molecule has 0 radical (unpaired) electrons. The van der Waals surface area contributed by atoms with Crippen molar-refractivity contribution >= 4 is 11.5 Å². The Labute approximate surface area is 145 Å². The molecule has 0 saturated heterocycles. The van der Waals surface area contributed by atoms with E-state index in [9.17, 15) is 10.2 Å². The van der Waals surface area contributed by atoms with E-state index in [2.05, 4.69) is 4.98 Å². The van der Waals surface area contributed by atoms with E-state index >= 15 is 0 Å². The molecule has 1 aliphatic rings. The Kier molecular flexibility index (Phi) is 3.82. The second kappa shape index (κ2) is 6.28. The van der Waals surface area contributed by atoms with E-state index in [4.69, 9.17) is 5.10 Å². The van der Waals surface area contributed by atoms with Crippen molar-refractivity contribution in [2.45, 2.75) is 12.5 Å². The summed E-state index contributed by atoms with van der Waals surface area (Å²) in [5, 5.41) is 27.0. The number of hydrazone groups is 1. The van der Waals surface area contributed by atoms with E-state index in [1.165, 1.54) is 0 Å². The van der Waals surface area contributed by atoms with Crippen molar-refractivity contribution in [2.24, 2.45) is 5.10 Å². The predicted octanol–water partition coefficient (Wildman–Crippen LogP) is 3.85. The second-order valence-corrected chi connectivity index (χ2v) is 5.88. The van der Waals surface area contributed by atoms with Gasteiger partial charge in [0.05, 0.1) is 11.8 Å². The summed E-state index contributed by atoms with van der Waals surface area (Å²) in [6.45, 7) is 0. The van der Waals surface area contributed by atoms with Gasteiger partial charge < -0.3 is 10.2 Å². The fraction of sp³-hybridized carbons (Fsp3) is 0.100. The van der Waals surface area contributed by atoms with Crippen LogP contribution in [0.1, 0.15) is 23.6 Å². The van der Waals surface area contributed by atoms with E-state index in [1.807, 2.05) is 42.5 Å². The van der Waals surface area contributed by atoms with Crippen LogP contribution in [-0.2, 0) is 0 Å². The summed E-state index contributed by atoms with van der Waals surface area (Å²) < 4.78 is 0. The zero-order valence-electron chi connectivity index (χ0n) is 13.4. The van der Waals surface area contributed by atoms with Crippen molar-refractivity contribution in [1.29, 1.82) is 0 Å². The van der Waals surface area contributed by atoms with E-state index in [0.717, 1.165) is 11.3 Å². The maximum Gasteiger partial charge on any atom is 0.149 e. The van der Waals surface area contributed by atoms with Gasteiger partial charge in [0.2, 0.25) is 0 Å². The Hall–Kier alpha value is -3.34. The van der Waals surface area contributed by atoms with Crippen LogP contribution in [0.5, 0.6) is 11.5 Å². The van der Waals surface area contributed by atoms with Crippen LogP contribution >= 0.6 is 0 Å². The molecule has 0 bridgehead atoms. The molecule has 2 heterocycles. The topological polar surface area (TPSA) is 69.0 Å². The van der Waals surface area contributed by atoms with Gasteiger partial charge >= 0.3 is 0 Å². The molecular weight excluding hydrogens is 314 g/mol. The lowest BCUT2D eigenvalue weighted by molar-refractivity contribution is 0.461. The molecule has 25 heavy (non-hydrogen) atoms. The maximum atomic E-state index is 10.3. The first kappa shape index (κ1) is 15.2. The molecule has 124 valence electrons. The normalized spacial score (nSPS) is 16.7. The first-order chi connectivity index (χ1) is 12.2. The number of rotatable bonds is 3. The number of phenolic OH excluding ortho intramolecular Hbond substituents is 2. The van der Waals surface area contributed by atoms with Crippen molar-refractivity contribution in [3.8, 4) is 11.5 Å². The van der Waals surface area contributed by atoms with Gasteiger partial charge in [-0.3, -0.25) is 0 Å². The molecule has 2 N–H and O–H groups in total. The third-order valence-electron chi connectivity index (χ3n) is 4.31. The molecule has 1 unspecified atom stereocenters. The first-order valence-corrected chi connectivity index (χ1v) is 8.08. The fourth-order valence-corrected chi connectivity index (χ4v) is 3.10. The number of benzene rings is 2. The molecule has 0 spiro atoms. The lowest BCUT2D eigenvalue weighted by Gasteiger charge is -2.23. The number of nitrogens with zero attached hydrogens (tertiary/aromatic N) is 3. The minimum atomic E-state index is -0.189. The van der Waals surface area contributed by atoms with Crippen LogP contribution in [0.2, 0.25) is 0 Å². The average molecular weight is 331 g/mol. The SMILES string of the molecule is Oc1ccccc1C1=NN(c2ccccn2)C(c2ccccc2O)C1. The molecule has 4 rings (SSSR count). The number of hydrogen-bond donors (Lipinski definition) is 2. The van der Waals surface area contributed by atoms with Gasteiger partial charge in [-0.2, -0.15) is 5.10 Å². The number of anilines is 1. The van der Waals surface area contributed by atoms with E-state index in [1.54, 1.807) is 35.5 Å². The van der Waals surface area contributed by atoms with Crippen LogP contribution in [0.15, 0.2) is 78.0 Å². The van der Waals surface area contributed by atoms with Crippen LogP contribution in [0.3, 0.4) is 0 Å². The number of hydrogen-bond acceptors (Lipinski definition) is 5. The van der Waals surface area contributed by atoms with Crippen molar-refractivity contribution in [3.05, 3.63) is 84.1 Å². The summed E-state index contributed by atoms with van der Waals surface area (Å²) >= 11 is 0. The van der Waals surface area contributed by atoms with Gasteiger partial charge in [0.1, 0.15) is 17.3 Å². The molecule has 0 fully saturated rings. The van der Waals surface area contributed by atoms with Crippen molar-refractivity contribution in [1.82, 2.24) is 4.98 Å². The van der Waals surface area contributed by atoms with Crippen molar-refractivity contribution < 1.29 is 10.2 Å². The predicted molar refractivity (Wildman–Crippen MR) is 96.8 cm³/mol. The minimum Gasteiger partial charge on any atom is -0.508 e. The Morgan fingerprint density at radius 2 is 1.56 bits per heavy atom. The summed E-state index contributed by atoms with van der Waals surface area (Å²) in [5.74, 6) is 1.11. The van der Waals surface area contributed by atoms with Gasteiger partial charge in [0.15, 0.2) is 0 Å². The lowest BCUT2D eigenvalue weighted by atomic mass is 9.97. The molecular formula is C20H17N3O2. The second-order valence-electron chi connectivity index (χ2n) is 5.88. The third kappa shape index (κ3) is 2.80. The van der Waals surface area contributed by atoms with E-state index < -0.39 is 0 Å². The van der Waals surface area contributed by atoms with E-state index in [0.29, 0.717) is 17.8 Å². The monoisotopic (exact) mass is 331 g/mol. The highest BCUT2D eigenvalue weighted by Gasteiger charge is 2.32. The zero-order valence-corrected chi connectivity index (χ0v) is 13.4. The van der Waals surface area contributed by atoms with Crippen LogP contribution in [0.25, 0.3) is 0 Å².